The first kappa shape index (κ1) is 11.8. The van der Waals surface area contributed by atoms with E-state index in [0.29, 0.717) is 5.02 Å². The molecule has 0 amide bonds. The lowest BCUT2D eigenvalue weighted by atomic mass is 10.1. The van der Waals surface area contributed by atoms with Gasteiger partial charge in [0, 0.05) is 10.4 Å². The Morgan fingerprint density at radius 1 is 1.43 bits per heavy atom. The van der Waals surface area contributed by atoms with Crippen molar-refractivity contribution in [1.29, 1.82) is 0 Å². The fourth-order valence-electron chi connectivity index (χ4n) is 1.31. The molecule has 1 aromatic rings. The molecule has 1 aromatic carbocycles. The summed E-state index contributed by atoms with van der Waals surface area (Å²) in [5.41, 5.74) is 0.865. The molecule has 0 fully saturated rings. The summed E-state index contributed by atoms with van der Waals surface area (Å²) in [6.45, 7) is 1.95. The molecule has 3 heteroatoms. The van der Waals surface area contributed by atoms with Crippen molar-refractivity contribution in [1.82, 2.24) is 0 Å². The van der Waals surface area contributed by atoms with Gasteiger partial charge in [0.2, 0.25) is 0 Å². The Morgan fingerprint density at radius 3 is 2.79 bits per heavy atom. The van der Waals surface area contributed by atoms with E-state index < -0.39 is 0 Å². The summed E-state index contributed by atoms with van der Waals surface area (Å²) in [6, 6.07) is 4.45. The third-order valence-electron chi connectivity index (χ3n) is 2.06. The summed E-state index contributed by atoms with van der Waals surface area (Å²) in [6.07, 6.45) is 2.65. The first-order chi connectivity index (χ1) is 6.59. The lowest BCUT2D eigenvalue weighted by Crippen LogP contribution is -1.94. The lowest BCUT2D eigenvalue weighted by Gasteiger charge is -2.05. The minimum absolute atomic E-state index is 0.169. The van der Waals surface area contributed by atoms with E-state index in [-0.39, 0.29) is 11.2 Å². The van der Waals surface area contributed by atoms with Gasteiger partial charge in [-0.3, -0.25) is 0 Å². The van der Waals surface area contributed by atoms with Crippen molar-refractivity contribution in [2.45, 2.75) is 31.6 Å². The highest BCUT2D eigenvalue weighted by Crippen LogP contribution is 2.19. The monoisotopic (exact) mass is 234 g/mol. The van der Waals surface area contributed by atoms with Crippen LogP contribution in [-0.4, -0.2) is 5.38 Å². The SMILES string of the molecule is CC(Cl)CCCc1cc(F)ccc1Cl. The predicted octanol–water partition coefficient (Wildman–Crippen LogP) is 4.43. The summed E-state index contributed by atoms with van der Waals surface area (Å²) in [4.78, 5) is 0. The Labute approximate surface area is 94.0 Å². The number of benzene rings is 1. The van der Waals surface area contributed by atoms with Crippen molar-refractivity contribution >= 4 is 23.2 Å². The summed E-state index contributed by atoms with van der Waals surface area (Å²) in [7, 11) is 0. The number of rotatable bonds is 4. The first-order valence-corrected chi connectivity index (χ1v) is 5.49. The molecular weight excluding hydrogens is 222 g/mol. The van der Waals surface area contributed by atoms with Crippen molar-refractivity contribution in [2.75, 3.05) is 0 Å². The summed E-state index contributed by atoms with van der Waals surface area (Å²) in [5, 5.41) is 0.802. The van der Waals surface area contributed by atoms with Crippen LogP contribution in [0.15, 0.2) is 18.2 Å². The molecule has 0 heterocycles. The minimum atomic E-state index is -0.233. The topological polar surface area (TPSA) is 0 Å². The maximum absolute atomic E-state index is 12.8. The Hall–Kier alpha value is -0.270. The van der Waals surface area contributed by atoms with Crippen molar-refractivity contribution < 1.29 is 4.39 Å². The molecule has 0 nitrogen and oxygen atoms in total. The van der Waals surface area contributed by atoms with Gasteiger partial charge in [-0.1, -0.05) is 11.6 Å². The maximum atomic E-state index is 12.8. The van der Waals surface area contributed by atoms with Crippen molar-refractivity contribution in [3.05, 3.63) is 34.6 Å². The van der Waals surface area contributed by atoms with Crippen LogP contribution in [0.2, 0.25) is 5.02 Å². The lowest BCUT2D eigenvalue weighted by molar-refractivity contribution is 0.623. The summed E-state index contributed by atoms with van der Waals surface area (Å²) >= 11 is 11.7. The molecule has 0 N–H and O–H groups in total. The fraction of sp³-hybridized carbons (Fsp3) is 0.455. The van der Waals surface area contributed by atoms with Gasteiger partial charge >= 0.3 is 0 Å². The Kier molecular flexibility index (Phi) is 4.70. The molecule has 0 spiro atoms. The second-order valence-electron chi connectivity index (χ2n) is 3.41. The zero-order valence-corrected chi connectivity index (χ0v) is 9.58. The van der Waals surface area contributed by atoms with E-state index in [4.69, 9.17) is 23.2 Å². The molecule has 0 aliphatic rings. The average Bonchev–Trinajstić information content (AvgIpc) is 2.10. The minimum Gasteiger partial charge on any atom is -0.207 e. The summed E-state index contributed by atoms with van der Waals surface area (Å²) < 4.78 is 12.8. The second-order valence-corrected chi connectivity index (χ2v) is 4.56. The van der Waals surface area contributed by atoms with Gasteiger partial charge < -0.3 is 0 Å². The zero-order valence-electron chi connectivity index (χ0n) is 8.06. The Balaban J connectivity index is 2.53. The van der Waals surface area contributed by atoms with Gasteiger partial charge in [-0.25, -0.2) is 4.39 Å². The number of alkyl halides is 1. The Morgan fingerprint density at radius 2 is 2.14 bits per heavy atom. The number of hydrogen-bond donors (Lipinski definition) is 0. The average molecular weight is 235 g/mol. The molecule has 14 heavy (non-hydrogen) atoms. The van der Waals surface area contributed by atoms with Gasteiger partial charge in [-0.15, -0.1) is 11.6 Å². The number of aryl methyl sites for hydroxylation is 1. The molecule has 0 bridgehead atoms. The quantitative estimate of drug-likeness (QED) is 0.677. The van der Waals surface area contributed by atoms with Crippen LogP contribution >= 0.6 is 23.2 Å². The number of halogens is 3. The molecule has 0 aliphatic carbocycles. The highest BCUT2D eigenvalue weighted by molar-refractivity contribution is 6.31. The number of hydrogen-bond acceptors (Lipinski definition) is 0. The van der Waals surface area contributed by atoms with Crippen LogP contribution in [0.1, 0.15) is 25.3 Å². The second kappa shape index (κ2) is 5.57. The van der Waals surface area contributed by atoms with Crippen LogP contribution in [0, 0.1) is 5.82 Å². The summed E-state index contributed by atoms with van der Waals surface area (Å²) in [5.74, 6) is -0.233. The van der Waals surface area contributed by atoms with E-state index in [1.54, 1.807) is 6.07 Å². The van der Waals surface area contributed by atoms with Crippen molar-refractivity contribution in [3.63, 3.8) is 0 Å². The van der Waals surface area contributed by atoms with Gasteiger partial charge in [0.1, 0.15) is 5.82 Å². The van der Waals surface area contributed by atoms with Gasteiger partial charge in [0.25, 0.3) is 0 Å². The van der Waals surface area contributed by atoms with Gasteiger partial charge in [0.05, 0.1) is 0 Å². The third kappa shape index (κ3) is 3.85. The van der Waals surface area contributed by atoms with E-state index in [9.17, 15) is 4.39 Å². The third-order valence-corrected chi connectivity index (χ3v) is 2.64. The van der Waals surface area contributed by atoms with E-state index in [1.807, 2.05) is 6.92 Å². The molecule has 0 radical (unpaired) electrons. The fourth-order valence-corrected chi connectivity index (χ4v) is 1.68. The van der Waals surface area contributed by atoms with Gasteiger partial charge in [-0.05, 0) is 49.9 Å². The standard InChI is InChI=1S/C11H13Cl2F/c1-8(12)3-2-4-9-7-10(14)5-6-11(9)13/h5-8H,2-4H2,1H3. The molecule has 0 saturated heterocycles. The van der Waals surface area contributed by atoms with Gasteiger partial charge in [-0.2, -0.15) is 0 Å². The molecule has 78 valence electrons. The predicted molar refractivity (Wildman–Crippen MR) is 59.7 cm³/mol. The van der Waals surface area contributed by atoms with E-state index in [0.717, 1.165) is 24.8 Å². The van der Waals surface area contributed by atoms with Crippen LogP contribution in [0.5, 0.6) is 0 Å². The molecule has 1 rings (SSSR count). The normalized spacial score (nSPS) is 12.9. The van der Waals surface area contributed by atoms with Crippen LogP contribution in [0.3, 0.4) is 0 Å². The van der Waals surface area contributed by atoms with Crippen molar-refractivity contribution in [3.8, 4) is 0 Å². The van der Waals surface area contributed by atoms with E-state index in [2.05, 4.69) is 0 Å². The zero-order chi connectivity index (χ0) is 10.6. The highest BCUT2D eigenvalue weighted by Gasteiger charge is 2.03. The van der Waals surface area contributed by atoms with Gasteiger partial charge in [0.15, 0.2) is 0 Å². The largest absolute Gasteiger partial charge is 0.207 e. The molecule has 0 saturated carbocycles. The highest BCUT2D eigenvalue weighted by atomic mass is 35.5. The van der Waals surface area contributed by atoms with Crippen LogP contribution in [0.25, 0.3) is 0 Å². The van der Waals surface area contributed by atoms with Crippen LogP contribution in [0.4, 0.5) is 4.39 Å². The van der Waals surface area contributed by atoms with Crippen LogP contribution in [-0.2, 0) is 6.42 Å². The maximum Gasteiger partial charge on any atom is 0.123 e. The smallest absolute Gasteiger partial charge is 0.123 e. The molecule has 1 atom stereocenters. The van der Waals surface area contributed by atoms with E-state index in [1.165, 1.54) is 12.1 Å². The Bertz CT molecular complexity index is 297. The van der Waals surface area contributed by atoms with Crippen LogP contribution < -0.4 is 0 Å². The molecule has 0 aliphatic heterocycles. The first-order valence-electron chi connectivity index (χ1n) is 4.67. The van der Waals surface area contributed by atoms with Crippen molar-refractivity contribution in [2.24, 2.45) is 0 Å². The molecular formula is C11H13Cl2F. The molecule has 0 aromatic heterocycles. The molecule has 1 unspecified atom stereocenters. The van der Waals surface area contributed by atoms with E-state index >= 15 is 0 Å².